The van der Waals surface area contributed by atoms with Crippen LogP contribution in [0.2, 0.25) is 20.1 Å². The maximum Gasteiger partial charge on any atom is 0.0846 e. The van der Waals surface area contributed by atoms with E-state index in [1.165, 1.54) is 32.6 Å². The predicted octanol–water partition coefficient (Wildman–Crippen LogP) is 10.5. The molecule has 2 saturated heterocycles. The van der Waals surface area contributed by atoms with Crippen LogP contribution >= 0.6 is 46.4 Å². The van der Waals surface area contributed by atoms with Crippen molar-refractivity contribution in [1.82, 2.24) is 29.6 Å². The molecule has 0 saturated carbocycles. The van der Waals surface area contributed by atoms with Gasteiger partial charge in [-0.1, -0.05) is 125 Å². The number of nitrogens with zero attached hydrogens (tertiary/aromatic N) is 4. The van der Waals surface area contributed by atoms with Crippen molar-refractivity contribution >= 4 is 90.0 Å². The van der Waals surface area contributed by atoms with Crippen molar-refractivity contribution in [3.05, 3.63) is 164 Å². The number of aliphatic hydroxyl groups is 2. The molecule has 326 valence electrons. The zero-order valence-corrected chi connectivity index (χ0v) is 38.2. The topological polar surface area (TPSA) is 80.9 Å². The number of halogens is 4. The lowest BCUT2D eigenvalue weighted by molar-refractivity contribution is 0.0649. The molecular formula is C51H52Cl4N6O2. The fraction of sp³-hybridized carbons (Fsp3) is 0.294. The van der Waals surface area contributed by atoms with Gasteiger partial charge in [-0.05, 0) is 72.1 Å². The molecule has 2 aliphatic heterocycles. The zero-order chi connectivity index (χ0) is 43.6. The highest BCUT2D eigenvalue weighted by Gasteiger charge is 2.28. The average molecular weight is 923 g/mol. The largest absolute Gasteiger partial charge is 0.390 e. The summed E-state index contributed by atoms with van der Waals surface area (Å²) in [5.74, 6) is 0. The third-order valence-electron chi connectivity index (χ3n) is 12.7. The zero-order valence-electron chi connectivity index (χ0n) is 35.2. The summed E-state index contributed by atoms with van der Waals surface area (Å²) in [5, 5.41) is 36.4. The second kappa shape index (κ2) is 19.5. The Balaban J connectivity index is 0.000000160. The quantitative estimate of drug-likeness (QED) is 0.109. The van der Waals surface area contributed by atoms with Gasteiger partial charge in [-0.2, -0.15) is 0 Å². The van der Waals surface area contributed by atoms with E-state index in [1.807, 2.05) is 36.4 Å². The summed E-state index contributed by atoms with van der Waals surface area (Å²) in [4.78, 5) is 4.69. The molecule has 0 radical (unpaired) electrons. The Kier molecular flexibility index (Phi) is 13.7. The Morgan fingerprint density at radius 1 is 0.492 bits per heavy atom. The van der Waals surface area contributed by atoms with Crippen LogP contribution in [0, 0.1) is 6.92 Å². The van der Waals surface area contributed by atoms with Crippen LogP contribution in [-0.4, -0.2) is 93.7 Å². The van der Waals surface area contributed by atoms with E-state index in [4.69, 9.17) is 46.4 Å². The number of hydrogen-bond donors (Lipinski definition) is 4. The summed E-state index contributed by atoms with van der Waals surface area (Å²) in [6.07, 6.45) is -1.000. The van der Waals surface area contributed by atoms with Gasteiger partial charge in [0.25, 0.3) is 0 Å². The molecule has 2 aliphatic rings. The third-order valence-corrected chi connectivity index (χ3v) is 14.1. The molecule has 4 heterocycles. The molecule has 2 aromatic heterocycles. The number of aliphatic hydroxyl groups excluding tert-OH is 2. The third kappa shape index (κ3) is 9.49. The standard InChI is InChI=1S/C26H27Cl2N3O.C25H25Cl2N3O/c1-17-6-8-21-20-4-2-3-5-24(20)31(25(21)12-17)16-19(32)15-30-11-10-29-14-26(30)18-7-9-22(27)23(28)13-18;26-21-10-9-17(13-22(21)27)25-14-28-11-12-29(25)15-18(31)16-30-23-7-3-1-5-19(23)20-6-2-4-8-24(20)30/h2-9,12-13,19,26,29,32H,10-11,14-16H2,1H3;1-10,13,18,25,28,31H,11-12,14-16H2. The van der Waals surface area contributed by atoms with Gasteiger partial charge in [-0.3, -0.25) is 9.80 Å². The smallest absolute Gasteiger partial charge is 0.0846 e. The Morgan fingerprint density at radius 3 is 1.35 bits per heavy atom. The molecule has 4 unspecified atom stereocenters. The SMILES string of the molecule is Cc1ccc2c3ccccc3n(CC(O)CN3CCNCC3c3ccc(Cl)c(Cl)c3)c2c1.OC(CN1CCNCC1c1ccc(Cl)c(Cl)c1)Cn1c2ccccc2c2ccccc21. The Labute approximate surface area is 388 Å². The molecule has 2 fully saturated rings. The first kappa shape index (κ1) is 44.1. The number of aromatic nitrogens is 2. The van der Waals surface area contributed by atoms with E-state index >= 15 is 0 Å². The Morgan fingerprint density at radius 2 is 0.905 bits per heavy atom. The van der Waals surface area contributed by atoms with E-state index in [2.05, 4.69) is 127 Å². The molecule has 4 N–H and O–H groups in total. The number of fused-ring (bicyclic) bond motifs is 6. The molecule has 63 heavy (non-hydrogen) atoms. The molecular weight excluding hydrogens is 870 g/mol. The lowest BCUT2D eigenvalue weighted by atomic mass is 10.0. The second-order valence-electron chi connectivity index (χ2n) is 16.9. The van der Waals surface area contributed by atoms with Crippen molar-refractivity contribution in [1.29, 1.82) is 0 Å². The van der Waals surface area contributed by atoms with Crippen molar-refractivity contribution in [2.45, 2.75) is 44.3 Å². The monoisotopic (exact) mass is 920 g/mol. The van der Waals surface area contributed by atoms with E-state index in [1.54, 1.807) is 0 Å². The lowest BCUT2D eigenvalue weighted by Crippen LogP contribution is -2.49. The van der Waals surface area contributed by atoms with Crippen LogP contribution in [0.3, 0.4) is 0 Å². The number of β-amino-alcohol motifs (C(OH)–C–C–N with tert-alkyl or cyclic N) is 2. The first-order valence-corrected chi connectivity index (χ1v) is 23.2. The number of para-hydroxylation sites is 3. The Hall–Kier alpha value is -4.16. The van der Waals surface area contributed by atoms with Crippen LogP contribution < -0.4 is 10.6 Å². The van der Waals surface area contributed by atoms with E-state index < -0.39 is 12.2 Å². The van der Waals surface area contributed by atoms with Crippen LogP contribution in [0.5, 0.6) is 0 Å². The van der Waals surface area contributed by atoms with Crippen molar-refractivity contribution < 1.29 is 10.2 Å². The summed E-state index contributed by atoms with van der Waals surface area (Å²) < 4.78 is 4.50. The number of rotatable bonds is 10. The van der Waals surface area contributed by atoms with Crippen molar-refractivity contribution in [2.24, 2.45) is 0 Å². The molecule has 12 heteroatoms. The average Bonchev–Trinajstić information content (AvgIpc) is 3.77. The number of nitrogens with one attached hydrogen (secondary N) is 2. The second-order valence-corrected chi connectivity index (χ2v) is 18.5. The predicted molar refractivity (Wildman–Crippen MR) is 263 cm³/mol. The molecule has 0 spiro atoms. The van der Waals surface area contributed by atoms with Gasteiger partial charge in [0.15, 0.2) is 0 Å². The molecule has 6 aromatic carbocycles. The highest BCUT2D eigenvalue weighted by atomic mass is 35.5. The van der Waals surface area contributed by atoms with Gasteiger partial charge < -0.3 is 30.0 Å². The van der Waals surface area contributed by atoms with Gasteiger partial charge in [0, 0.05) is 108 Å². The van der Waals surface area contributed by atoms with Crippen molar-refractivity contribution in [3.8, 4) is 0 Å². The van der Waals surface area contributed by atoms with Crippen LogP contribution in [0.15, 0.2) is 127 Å². The van der Waals surface area contributed by atoms with Crippen molar-refractivity contribution in [2.75, 3.05) is 52.4 Å². The first-order chi connectivity index (χ1) is 30.6. The Bertz CT molecular complexity index is 2830. The molecule has 8 aromatic rings. The van der Waals surface area contributed by atoms with Gasteiger partial charge in [0.2, 0.25) is 0 Å². The normalized spacial score (nSPS) is 18.5. The number of benzene rings is 6. The molecule has 0 amide bonds. The van der Waals surface area contributed by atoms with Gasteiger partial charge in [0.1, 0.15) is 0 Å². The number of aryl methyl sites for hydroxylation is 1. The van der Waals surface area contributed by atoms with Gasteiger partial charge >= 0.3 is 0 Å². The minimum atomic E-state index is -0.502. The minimum Gasteiger partial charge on any atom is -0.390 e. The summed E-state index contributed by atoms with van der Waals surface area (Å²) in [5.41, 5.74) is 8.10. The van der Waals surface area contributed by atoms with Crippen LogP contribution in [0.1, 0.15) is 28.8 Å². The van der Waals surface area contributed by atoms with Gasteiger partial charge in [-0.15, -0.1) is 0 Å². The maximum atomic E-state index is 11.2. The van der Waals surface area contributed by atoms with Gasteiger partial charge in [-0.25, -0.2) is 0 Å². The molecule has 8 nitrogen and oxygen atoms in total. The van der Waals surface area contributed by atoms with Gasteiger partial charge in [0.05, 0.1) is 45.4 Å². The molecule has 0 aliphatic carbocycles. The molecule has 4 atom stereocenters. The van der Waals surface area contributed by atoms with E-state index in [0.29, 0.717) is 46.3 Å². The first-order valence-electron chi connectivity index (χ1n) is 21.7. The highest BCUT2D eigenvalue weighted by Crippen LogP contribution is 2.34. The highest BCUT2D eigenvalue weighted by molar-refractivity contribution is 6.42. The fourth-order valence-electron chi connectivity index (χ4n) is 9.66. The van der Waals surface area contributed by atoms with Crippen LogP contribution in [0.25, 0.3) is 43.6 Å². The maximum absolute atomic E-state index is 11.2. The summed E-state index contributed by atoms with van der Waals surface area (Å²) >= 11 is 24.8. The summed E-state index contributed by atoms with van der Waals surface area (Å²) in [6.45, 7) is 9.57. The summed E-state index contributed by atoms with van der Waals surface area (Å²) in [6, 6.07) is 43.7. The van der Waals surface area contributed by atoms with E-state index in [0.717, 1.165) is 66.9 Å². The van der Waals surface area contributed by atoms with E-state index in [-0.39, 0.29) is 12.1 Å². The fourth-order valence-corrected chi connectivity index (χ4v) is 10.3. The minimum absolute atomic E-state index is 0.147. The summed E-state index contributed by atoms with van der Waals surface area (Å²) in [7, 11) is 0. The van der Waals surface area contributed by atoms with Crippen LogP contribution in [-0.2, 0) is 13.1 Å². The van der Waals surface area contributed by atoms with Crippen LogP contribution in [0.4, 0.5) is 0 Å². The lowest BCUT2D eigenvalue weighted by Gasteiger charge is -2.37. The number of piperazine rings is 2. The van der Waals surface area contributed by atoms with E-state index in [9.17, 15) is 10.2 Å². The molecule has 0 bridgehead atoms. The number of hydrogen-bond acceptors (Lipinski definition) is 6. The van der Waals surface area contributed by atoms with Crippen molar-refractivity contribution in [3.63, 3.8) is 0 Å². The molecule has 10 rings (SSSR count).